The van der Waals surface area contributed by atoms with Crippen molar-refractivity contribution in [3.05, 3.63) is 0 Å². The molecule has 150 valence electrons. The van der Waals surface area contributed by atoms with Gasteiger partial charge in [0, 0.05) is 64.9 Å². The van der Waals surface area contributed by atoms with E-state index in [1.165, 1.54) is 90.8 Å². The van der Waals surface area contributed by atoms with Gasteiger partial charge in [0.1, 0.15) is 0 Å². The standard InChI is InChI=1S/C20H40N6/c1-21-20(22-10-5-6-11-25-15-13-24(2)14-16-25)23-18-9-12-26(17-18)19-7-3-4-8-19/h18-19H,3-17H2,1-2H3,(H2,21,22,23). The van der Waals surface area contributed by atoms with Gasteiger partial charge in [0.15, 0.2) is 5.96 Å². The number of hydrogen-bond donors (Lipinski definition) is 2. The van der Waals surface area contributed by atoms with E-state index in [2.05, 4.69) is 37.4 Å². The van der Waals surface area contributed by atoms with Crippen LogP contribution < -0.4 is 10.6 Å². The molecule has 0 aromatic heterocycles. The number of rotatable bonds is 7. The average molecular weight is 365 g/mol. The zero-order valence-corrected chi connectivity index (χ0v) is 17.1. The number of unbranched alkanes of at least 4 members (excludes halogenated alkanes) is 1. The minimum absolute atomic E-state index is 0.562. The highest BCUT2D eigenvalue weighted by molar-refractivity contribution is 5.79. The van der Waals surface area contributed by atoms with Gasteiger partial charge in [0.2, 0.25) is 0 Å². The second-order valence-corrected chi connectivity index (χ2v) is 8.41. The highest BCUT2D eigenvalue weighted by atomic mass is 15.3. The van der Waals surface area contributed by atoms with E-state index < -0.39 is 0 Å². The van der Waals surface area contributed by atoms with Crippen molar-refractivity contribution in [2.75, 3.05) is 66.5 Å². The number of likely N-dealkylation sites (N-methyl/N-ethyl adjacent to an activating group) is 1. The molecule has 2 aliphatic heterocycles. The zero-order chi connectivity index (χ0) is 18.2. The van der Waals surface area contributed by atoms with Gasteiger partial charge in [-0.25, -0.2) is 0 Å². The molecule has 2 N–H and O–H groups in total. The van der Waals surface area contributed by atoms with Crippen molar-refractivity contribution in [1.82, 2.24) is 25.3 Å². The predicted octanol–water partition coefficient (Wildman–Crippen LogP) is 1.20. The van der Waals surface area contributed by atoms with Crippen LogP contribution in [0.1, 0.15) is 44.9 Å². The molecule has 2 heterocycles. The van der Waals surface area contributed by atoms with Crippen LogP contribution in [0, 0.1) is 0 Å². The Balaban J connectivity index is 1.25. The first kappa shape index (κ1) is 19.9. The molecule has 0 aromatic rings. The minimum Gasteiger partial charge on any atom is -0.356 e. The first-order valence-corrected chi connectivity index (χ1v) is 10.9. The number of nitrogens with one attached hydrogen (secondary N) is 2. The van der Waals surface area contributed by atoms with Gasteiger partial charge in [-0.1, -0.05) is 12.8 Å². The van der Waals surface area contributed by atoms with Gasteiger partial charge in [0.25, 0.3) is 0 Å². The summed E-state index contributed by atoms with van der Waals surface area (Å²) in [7, 11) is 4.11. The Morgan fingerprint density at radius 3 is 2.50 bits per heavy atom. The van der Waals surface area contributed by atoms with E-state index in [9.17, 15) is 0 Å². The smallest absolute Gasteiger partial charge is 0.191 e. The summed E-state index contributed by atoms with van der Waals surface area (Å²) in [5.41, 5.74) is 0. The Hall–Kier alpha value is -0.850. The molecule has 1 unspecified atom stereocenters. The van der Waals surface area contributed by atoms with Crippen molar-refractivity contribution in [1.29, 1.82) is 0 Å². The molecule has 2 saturated heterocycles. The summed E-state index contributed by atoms with van der Waals surface area (Å²) in [5.74, 6) is 0.989. The first-order valence-electron chi connectivity index (χ1n) is 10.9. The Morgan fingerprint density at radius 1 is 1.00 bits per heavy atom. The fourth-order valence-corrected chi connectivity index (χ4v) is 4.63. The molecule has 0 spiro atoms. The summed E-state index contributed by atoms with van der Waals surface area (Å²) in [5, 5.41) is 7.16. The Labute approximate surface area is 160 Å². The van der Waals surface area contributed by atoms with E-state index >= 15 is 0 Å². The quantitative estimate of drug-likeness (QED) is 0.404. The van der Waals surface area contributed by atoms with Gasteiger partial charge in [0.05, 0.1) is 0 Å². The molecule has 3 fully saturated rings. The van der Waals surface area contributed by atoms with E-state index in [1.54, 1.807) is 0 Å². The third kappa shape index (κ3) is 6.10. The zero-order valence-electron chi connectivity index (χ0n) is 17.1. The van der Waals surface area contributed by atoms with Crippen molar-refractivity contribution in [3.8, 4) is 0 Å². The van der Waals surface area contributed by atoms with Crippen LogP contribution in [0.25, 0.3) is 0 Å². The molecule has 0 radical (unpaired) electrons. The van der Waals surface area contributed by atoms with Crippen molar-refractivity contribution >= 4 is 5.96 Å². The van der Waals surface area contributed by atoms with Crippen LogP contribution in [0.4, 0.5) is 0 Å². The van der Waals surface area contributed by atoms with E-state index in [0.717, 1.165) is 18.5 Å². The number of likely N-dealkylation sites (tertiary alicyclic amines) is 1. The van der Waals surface area contributed by atoms with Crippen molar-refractivity contribution < 1.29 is 0 Å². The van der Waals surface area contributed by atoms with Crippen LogP contribution in [0.2, 0.25) is 0 Å². The molecule has 1 saturated carbocycles. The third-order valence-electron chi connectivity index (χ3n) is 6.41. The molecule has 26 heavy (non-hydrogen) atoms. The van der Waals surface area contributed by atoms with Crippen LogP contribution in [0.3, 0.4) is 0 Å². The van der Waals surface area contributed by atoms with Crippen molar-refractivity contribution in [2.24, 2.45) is 4.99 Å². The van der Waals surface area contributed by atoms with Gasteiger partial charge in [-0.2, -0.15) is 0 Å². The molecule has 1 aliphatic carbocycles. The fourth-order valence-electron chi connectivity index (χ4n) is 4.63. The largest absolute Gasteiger partial charge is 0.356 e. The fraction of sp³-hybridized carbons (Fsp3) is 0.950. The SMILES string of the molecule is CN=C(NCCCCN1CCN(C)CC1)NC1CCN(C2CCCC2)C1. The van der Waals surface area contributed by atoms with Crippen molar-refractivity contribution in [3.63, 3.8) is 0 Å². The number of aliphatic imine (C=N–C) groups is 1. The van der Waals surface area contributed by atoms with Crippen LogP contribution in [0.5, 0.6) is 0 Å². The lowest BCUT2D eigenvalue weighted by Crippen LogP contribution is -2.46. The summed E-state index contributed by atoms with van der Waals surface area (Å²) >= 11 is 0. The molecular weight excluding hydrogens is 324 g/mol. The van der Waals surface area contributed by atoms with Crippen LogP contribution in [-0.4, -0.2) is 99.2 Å². The van der Waals surface area contributed by atoms with E-state index in [-0.39, 0.29) is 0 Å². The topological polar surface area (TPSA) is 46.1 Å². The Morgan fingerprint density at radius 2 is 1.77 bits per heavy atom. The monoisotopic (exact) mass is 364 g/mol. The van der Waals surface area contributed by atoms with E-state index in [4.69, 9.17) is 0 Å². The van der Waals surface area contributed by atoms with Crippen LogP contribution in [-0.2, 0) is 0 Å². The Kier molecular flexibility index (Phi) is 8.02. The molecule has 1 atom stereocenters. The van der Waals surface area contributed by atoms with Crippen LogP contribution >= 0.6 is 0 Å². The molecule has 3 aliphatic rings. The van der Waals surface area contributed by atoms with Gasteiger partial charge >= 0.3 is 0 Å². The number of hydrogen-bond acceptors (Lipinski definition) is 4. The van der Waals surface area contributed by atoms with Gasteiger partial charge in [-0.05, 0) is 45.7 Å². The molecule has 0 bridgehead atoms. The number of guanidine groups is 1. The van der Waals surface area contributed by atoms with Crippen molar-refractivity contribution in [2.45, 2.75) is 57.0 Å². The minimum atomic E-state index is 0.562. The normalized spacial score (nSPS) is 27.3. The molecular formula is C20H40N6. The van der Waals surface area contributed by atoms with E-state index in [0.29, 0.717) is 6.04 Å². The number of piperazine rings is 1. The predicted molar refractivity (Wildman–Crippen MR) is 110 cm³/mol. The Bertz CT molecular complexity index is 426. The van der Waals surface area contributed by atoms with E-state index in [1.807, 2.05) is 7.05 Å². The maximum absolute atomic E-state index is 4.43. The highest BCUT2D eigenvalue weighted by Crippen LogP contribution is 2.26. The maximum Gasteiger partial charge on any atom is 0.191 e. The van der Waals surface area contributed by atoms with Gasteiger partial charge < -0.3 is 20.4 Å². The summed E-state index contributed by atoms with van der Waals surface area (Å²) in [6, 6.07) is 1.42. The molecule has 0 aromatic carbocycles. The van der Waals surface area contributed by atoms with Crippen LogP contribution in [0.15, 0.2) is 4.99 Å². The van der Waals surface area contributed by atoms with Gasteiger partial charge in [-0.15, -0.1) is 0 Å². The molecule has 0 amide bonds. The molecule has 3 rings (SSSR count). The molecule has 6 heteroatoms. The summed E-state index contributed by atoms with van der Waals surface area (Å²) in [6.07, 6.45) is 9.41. The van der Waals surface area contributed by atoms with Gasteiger partial charge in [-0.3, -0.25) is 9.89 Å². The average Bonchev–Trinajstić information content (AvgIpc) is 3.33. The maximum atomic E-state index is 4.43. The molecule has 6 nitrogen and oxygen atoms in total. The number of nitrogens with zero attached hydrogens (tertiary/aromatic N) is 4. The summed E-state index contributed by atoms with van der Waals surface area (Å²) < 4.78 is 0. The lowest BCUT2D eigenvalue weighted by molar-refractivity contribution is 0.152. The summed E-state index contributed by atoms with van der Waals surface area (Å²) in [4.78, 5) is 12.2. The first-order chi connectivity index (χ1) is 12.7. The second-order valence-electron chi connectivity index (χ2n) is 8.41. The second kappa shape index (κ2) is 10.5. The highest BCUT2D eigenvalue weighted by Gasteiger charge is 2.30. The lowest BCUT2D eigenvalue weighted by Gasteiger charge is -2.32. The third-order valence-corrected chi connectivity index (χ3v) is 6.41. The summed E-state index contributed by atoms with van der Waals surface area (Å²) in [6.45, 7) is 9.59. The lowest BCUT2D eigenvalue weighted by atomic mass is 10.2.